The molecule has 1 amide bonds. The van der Waals surface area contributed by atoms with Crippen molar-refractivity contribution in [3.63, 3.8) is 0 Å². The molecule has 6 nitrogen and oxygen atoms in total. The maximum absolute atomic E-state index is 12.9. The molecule has 160 valence electrons. The zero-order valence-corrected chi connectivity index (χ0v) is 18.0. The fourth-order valence-electron chi connectivity index (χ4n) is 3.61. The lowest BCUT2D eigenvalue weighted by Crippen LogP contribution is -2.47. The number of likely N-dealkylation sites (tertiary alicyclic amines) is 1. The van der Waals surface area contributed by atoms with E-state index in [1.807, 2.05) is 58.0 Å². The first-order chi connectivity index (χ1) is 13.7. The van der Waals surface area contributed by atoms with E-state index in [0.29, 0.717) is 19.4 Å². The van der Waals surface area contributed by atoms with Crippen molar-refractivity contribution in [1.82, 2.24) is 4.90 Å². The summed E-state index contributed by atoms with van der Waals surface area (Å²) in [5.41, 5.74) is 0.267. The molecule has 6 heteroatoms. The molecule has 2 unspecified atom stereocenters. The summed E-state index contributed by atoms with van der Waals surface area (Å²) in [5.74, 6) is -1.34. The highest BCUT2D eigenvalue weighted by Gasteiger charge is 2.40. The smallest absolute Gasteiger partial charge is 0.311 e. The van der Waals surface area contributed by atoms with Crippen molar-refractivity contribution in [2.24, 2.45) is 5.92 Å². The molecule has 29 heavy (non-hydrogen) atoms. The van der Waals surface area contributed by atoms with Crippen LogP contribution in [0.25, 0.3) is 0 Å². The first kappa shape index (κ1) is 22.9. The maximum Gasteiger partial charge on any atom is 0.311 e. The van der Waals surface area contributed by atoms with Crippen molar-refractivity contribution in [2.75, 3.05) is 6.54 Å². The van der Waals surface area contributed by atoms with E-state index in [0.717, 1.165) is 18.4 Å². The summed E-state index contributed by atoms with van der Waals surface area (Å²) in [4.78, 5) is 39.6. The quantitative estimate of drug-likeness (QED) is 0.585. The summed E-state index contributed by atoms with van der Waals surface area (Å²) in [6.45, 7) is 8.16. The number of hydrogen-bond donors (Lipinski definition) is 0. The van der Waals surface area contributed by atoms with Crippen LogP contribution in [0.3, 0.4) is 0 Å². The number of amides is 1. The third-order valence-electron chi connectivity index (χ3n) is 4.90. The molecule has 1 aromatic rings. The lowest BCUT2D eigenvalue weighted by molar-refractivity contribution is -0.164. The Morgan fingerprint density at radius 2 is 1.86 bits per heavy atom. The van der Waals surface area contributed by atoms with Crippen molar-refractivity contribution in [3.8, 4) is 0 Å². The van der Waals surface area contributed by atoms with Crippen LogP contribution in [0, 0.1) is 5.92 Å². The number of benzene rings is 1. The Bertz CT molecular complexity index is 695. The van der Waals surface area contributed by atoms with Gasteiger partial charge in [-0.05, 0) is 39.2 Å². The van der Waals surface area contributed by atoms with E-state index in [4.69, 9.17) is 9.47 Å². The topological polar surface area (TPSA) is 72.9 Å². The maximum atomic E-state index is 12.9. The van der Waals surface area contributed by atoms with Gasteiger partial charge in [0.1, 0.15) is 12.2 Å². The summed E-state index contributed by atoms with van der Waals surface area (Å²) in [5, 5.41) is 0. The predicted molar refractivity (Wildman–Crippen MR) is 110 cm³/mol. The molecule has 1 aromatic carbocycles. The number of hydrogen-bond acceptors (Lipinski definition) is 5. The molecule has 1 heterocycles. The number of esters is 2. The molecule has 0 radical (unpaired) electrons. The molecular weight excluding hydrogens is 370 g/mol. The van der Waals surface area contributed by atoms with Gasteiger partial charge in [0.05, 0.1) is 18.4 Å². The Morgan fingerprint density at radius 3 is 2.41 bits per heavy atom. The Labute approximate surface area is 173 Å². The van der Waals surface area contributed by atoms with E-state index in [2.05, 4.69) is 0 Å². The van der Waals surface area contributed by atoms with Gasteiger partial charge >= 0.3 is 11.9 Å². The van der Waals surface area contributed by atoms with Crippen molar-refractivity contribution < 1.29 is 23.9 Å². The minimum atomic E-state index is -0.629. The fourth-order valence-corrected chi connectivity index (χ4v) is 3.61. The fraction of sp³-hybridized carbons (Fsp3) is 0.609. The van der Waals surface area contributed by atoms with Crippen molar-refractivity contribution >= 4 is 17.8 Å². The van der Waals surface area contributed by atoms with Crippen LogP contribution in [-0.4, -0.2) is 40.9 Å². The number of carbonyl (C=O) groups is 3. The molecule has 1 aliphatic rings. The molecule has 2 rings (SSSR count). The zero-order chi connectivity index (χ0) is 21.4. The largest absolute Gasteiger partial charge is 0.461 e. The van der Waals surface area contributed by atoms with Crippen LogP contribution in [-0.2, 0) is 30.5 Å². The van der Waals surface area contributed by atoms with Crippen LogP contribution in [0.2, 0.25) is 0 Å². The average Bonchev–Trinajstić information content (AvgIpc) is 3.08. The standard InChI is InChI=1S/C23H33NO5/c1-5-10-18(22(27)29-23(2,3)4)19(24-14-9-13-20(24)25)15-21(26)28-16-17-11-7-6-8-12-17/h6-8,11-12,18-19H,5,9-10,13-16H2,1-4H3. The number of ether oxygens (including phenoxy) is 2. The van der Waals surface area contributed by atoms with Gasteiger partial charge in [-0.1, -0.05) is 43.7 Å². The molecule has 0 bridgehead atoms. The summed E-state index contributed by atoms with van der Waals surface area (Å²) >= 11 is 0. The molecule has 0 N–H and O–H groups in total. The number of nitrogens with zero attached hydrogens (tertiary/aromatic N) is 1. The molecule has 0 aliphatic carbocycles. The molecule has 0 aromatic heterocycles. The summed E-state index contributed by atoms with van der Waals surface area (Å²) in [6, 6.07) is 8.90. The van der Waals surface area contributed by atoms with Crippen LogP contribution < -0.4 is 0 Å². The van der Waals surface area contributed by atoms with Gasteiger partial charge in [0, 0.05) is 13.0 Å². The highest BCUT2D eigenvalue weighted by Crippen LogP contribution is 2.28. The van der Waals surface area contributed by atoms with Gasteiger partial charge in [-0.25, -0.2) is 0 Å². The van der Waals surface area contributed by atoms with Gasteiger partial charge in [-0.15, -0.1) is 0 Å². The SMILES string of the molecule is CCCC(C(=O)OC(C)(C)C)C(CC(=O)OCc1ccccc1)N1CCCC1=O. The Kier molecular flexibility index (Phi) is 8.23. The highest BCUT2D eigenvalue weighted by atomic mass is 16.6. The Morgan fingerprint density at radius 1 is 1.17 bits per heavy atom. The lowest BCUT2D eigenvalue weighted by Gasteiger charge is -2.34. The molecule has 1 fully saturated rings. The van der Waals surface area contributed by atoms with Crippen molar-refractivity contribution in [3.05, 3.63) is 35.9 Å². The third-order valence-corrected chi connectivity index (χ3v) is 4.90. The van der Waals surface area contributed by atoms with Crippen molar-refractivity contribution in [2.45, 2.75) is 78.0 Å². The molecule has 0 saturated carbocycles. The Balaban J connectivity index is 2.14. The summed E-state index contributed by atoms with van der Waals surface area (Å²) in [7, 11) is 0. The molecule has 1 saturated heterocycles. The van der Waals surface area contributed by atoms with Gasteiger partial charge in [-0.3, -0.25) is 14.4 Å². The van der Waals surface area contributed by atoms with E-state index in [9.17, 15) is 14.4 Å². The third kappa shape index (κ3) is 7.18. The van der Waals surface area contributed by atoms with Gasteiger partial charge in [0.15, 0.2) is 0 Å². The lowest BCUT2D eigenvalue weighted by atomic mass is 9.90. The second-order valence-electron chi connectivity index (χ2n) is 8.54. The zero-order valence-electron chi connectivity index (χ0n) is 18.0. The van der Waals surface area contributed by atoms with Gasteiger partial charge in [-0.2, -0.15) is 0 Å². The summed E-state index contributed by atoms with van der Waals surface area (Å²) in [6.07, 6.45) is 2.48. The minimum absolute atomic E-state index is 0.0114. The normalized spacial score (nSPS) is 16.4. The van der Waals surface area contributed by atoms with Crippen LogP contribution in [0.1, 0.15) is 65.4 Å². The minimum Gasteiger partial charge on any atom is -0.461 e. The molecule has 2 atom stereocenters. The molecular formula is C23H33NO5. The number of rotatable bonds is 9. The van der Waals surface area contributed by atoms with E-state index in [1.54, 1.807) is 4.90 Å². The monoisotopic (exact) mass is 403 g/mol. The molecule has 0 spiro atoms. The Hall–Kier alpha value is -2.37. The summed E-state index contributed by atoms with van der Waals surface area (Å²) < 4.78 is 11.0. The second-order valence-corrected chi connectivity index (χ2v) is 8.54. The first-order valence-electron chi connectivity index (χ1n) is 10.4. The van der Waals surface area contributed by atoms with Gasteiger partial charge in [0.25, 0.3) is 0 Å². The van der Waals surface area contributed by atoms with E-state index in [1.165, 1.54) is 0 Å². The predicted octanol–water partition coefficient (Wildman–Crippen LogP) is 3.87. The van der Waals surface area contributed by atoms with Crippen LogP contribution in [0.15, 0.2) is 30.3 Å². The average molecular weight is 404 g/mol. The molecule has 1 aliphatic heterocycles. The number of carbonyl (C=O) groups excluding carboxylic acids is 3. The van der Waals surface area contributed by atoms with E-state index in [-0.39, 0.29) is 24.9 Å². The van der Waals surface area contributed by atoms with Crippen molar-refractivity contribution in [1.29, 1.82) is 0 Å². The van der Waals surface area contributed by atoms with E-state index >= 15 is 0 Å². The van der Waals surface area contributed by atoms with Crippen LogP contribution in [0.4, 0.5) is 0 Å². The van der Waals surface area contributed by atoms with Gasteiger partial charge in [0.2, 0.25) is 5.91 Å². The van der Waals surface area contributed by atoms with Gasteiger partial charge < -0.3 is 14.4 Å². The van der Waals surface area contributed by atoms with Crippen LogP contribution >= 0.6 is 0 Å². The second kappa shape index (κ2) is 10.4. The van der Waals surface area contributed by atoms with E-state index < -0.39 is 23.5 Å². The first-order valence-corrected chi connectivity index (χ1v) is 10.4. The van der Waals surface area contributed by atoms with Crippen LogP contribution in [0.5, 0.6) is 0 Å². The highest BCUT2D eigenvalue weighted by molar-refractivity contribution is 5.82.